The Morgan fingerprint density at radius 3 is 0.809 bits per heavy atom. The summed E-state index contributed by atoms with van der Waals surface area (Å²) in [4.78, 5) is 0. The first-order valence-electron chi connectivity index (χ1n) is 36.9. The molecule has 6 nitrogen and oxygen atoms in total. The van der Waals surface area contributed by atoms with Crippen molar-refractivity contribution in [2.75, 3.05) is 28.4 Å². The van der Waals surface area contributed by atoms with E-state index in [4.69, 9.17) is 28.4 Å². The molecule has 0 heterocycles. The van der Waals surface area contributed by atoms with E-state index in [0.29, 0.717) is 0 Å². The first kappa shape index (κ1) is 75.2. The lowest BCUT2D eigenvalue weighted by atomic mass is 9.91. The van der Waals surface area contributed by atoms with Crippen LogP contribution in [-0.4, -0.2) is 73.6 Å². The molecule has 5 fully saturated rings. The summed E-state index contributed by atoms with van der Waals surface area (Å²) in [5, 5.41) is 4.97. The maximum absolute atomic E-state index is 6.37. The normalized spacial score (nSPS) is 17.4. The number of hydrogen-bond donors (Lipinski definition) is 0. The van der Waals surface area contributed by atoms with Gasteiger partial charge in [-0.1, -0.05) is 272 Å². The molecule has 0 N–H and O–H groups in total. The lowest BCUT2D eigenvalue weighted by Gasteiger charge is -2.42. The maximum Gasteiger partial charge on any atom is 0.131 e. The number of rotatable bonds is 18. The van der Waals surface area contributed by atoms with E-state index in [1.807, 2.05) is 24.3 Å². The van der Waals surface area contributed by atoms with E-state index in [1.165, 1.54) is 183 Å². The summed E-state index contributed by atoms with van der Waals surface area (Å²) in [5.74, 6) is 6.48. The Morgan fingerprint density at radius 2 is 0.553 bits per heavy atom. The van der Waals surface area contributed by atoms with Crippen molar-refractivity contribution in [1.29, 1.82) is 0 Å². The molecule has 11 rings (SSSR count). The maximum atomic E-state index is 6.37. The molecular formula is C85H123O6P3. The first-order chi connectivity index (χ1) is 45.4. The zero-order valence-corrected chi connectivity index (χ0v) is 63.8. The van der Waals surface area contributed by atoms with Gasteiger partial charge in [-0.3, -0.25) is 0 Å². The number of ether oxygens (including phenoxy) is 6. The Bertz CT molecular complexity index is 3060. The van der Waals surface area contributed by atoms with Crippen molar-refractivity contribution in [1.82, 2.24) is 0 Å². The van der Waals surface area contributed by atoms with E-state index >= 15 is 0 Å². The van der Waals surface area contributed by atoms with E-state index in [2.05, 4.69) is 179 Å². The summed E-state index contributed by atoms with van der Waals surface area (Å²) >= 11 is 0. The van der Waals surface area contributed by atoms with E-state index in [9.17, 15) is 0 Å². The minimum atomic E-state index is -0.428. The lowest BCUT2D eigenvalue weighted by Crippen LogP contribution is -2.31. The minimum Gasteiger partial charge on any atom is -0.496 e. The van der Waals surface area contributed by atoms with Gasteiger partial charge in [0, 0.05) is 0 Å². The van der Waals surface area contributed by atoms with Crippen molar-refractivity contribution in [3.05, 3.63) is 127 Å². The number of hydrogen-bond acceptors (Lipinski definition) is 6. The largest absolute Gasteiger partial charge is 0.496 e. The fourth-order valence-electron chi connectivity index (χ4n) is 16.3. The van der Waals surface area contributed by atoms with Crippen molar-refractivity contribution in [3.8, 4) is 67.9 Å². The highest BCUT2D eigenvalue weighted by Crippen LogP contribution is 2.61. The number of methoxy groups -OCH3 is 4. The summed E-state index contributed by atoms with van der Waals surface area (Å²) in [6.45, 7) is 24.9. The average Bonchev–Trinajstić information content (AvgIpc) is 0.785. The van der Waals surface area contributed by atoms with Crippen LogP contribution in [0.2, 0.25) is 0 Å². The fraction of sp³-hybridized carbons (Fsp3) is 0.576. The molecule has 0 atom stereocenters. The molecule has 0 saturated heterocycles. The quantitative estimate of drug-likeness (QED) is 0.0800. The van der Waals surface area contributed by atoms with Gasteiger partial charge in [0.25, 0.3) is 0 Å². The van der Waals surface area contributed by atoms with Crippen LogP contribution in [0.1, 0.15) is 237 Å². The molecule has 0 bridgehead atoms. The minimum absolute atomic E-state index is 0.128. The third-order valence-electron chi connectivity index (χ3n) is 20.0. The smallest absolute Gasteiger partial charge is 0.131 e. The van der Waals surface area contributed by atoms with Gasteiger partial charge in [0.05, 0.1) is 57.3 Å². The van der Waals surface area contributed by atoms with Crippen molar-refractivity contribution in [3.63, 3.8) is 0 Å². The van der Waals surface area contributed by atoms with Gasteiger partial charge in [-0.15, -0.1) is 0 Å². The third kappa shape index (κ3) is 20.5. The van der Waals surface area contributed by atoms with Gasteiger partial charge in [-0.25, -0.2) is 0 Å². The molecule has 6 aromatic carbocycles. The SMILES string of the molecule is CC(C)Oc1cccc(OC(C)C)c1-c1ccccc1P(C1CCCCC1)C1CCCCC1.CC1CCCCC1.COc1cccc(OC)c1-c1ccccc1P(C(C)(C)C)C(C)(C)C.COc1cccc(OC)c1-c1ccccc1P(C1CCCCC1)C1CCCCC1. The lowest BCUT2D eigenvalue weighted by molar-refractivity contribution is 0.231. The summed E-state index contributed by atoms with van der Waals surface area (Å²) in [6.07, 6.45) is 36.0. The van der Waals surface area contributed by atoms with Gasteiger partial charge < -0.3 is 28.4 Å². The highest BCUT2D eigenvalue weighted by Gasteiger charge is 2.39. The molecule has 6 aromatic rings. The third-order valence-corrected chi connectivity index (χ3v) is 30.7. The standard InChI is InChI=1S/C30H43O2P.C26H35O2P.C22H31O2P.C7H14/c1-22(2)31-27-19-13-20-28(32-23(3)4)30(27)26-18-11-12-21-29(26)33(24-14-7-5-8-15-24)25-16-9-6-10-17-25;1-27-23-17-11-18-24(28-2)26(23)22-16-9-10-19-25(22)29(20-12-5-3-6-13-20)21-14-7-4-8-15-21;1-21(2,3)25(22(4,5)6)19-15-10-9-12-16(19)20-17(23-7)13-11-14-18(20)24-8;1-7-5-3-2-4-6-7/h11-13,18-25H,5-10,14-17H2,1-4H3;9-11,16-21H,3-8,12-15H2,1-2H3;9-15H,1-8H3;7H,2-6H2,1H3. The molecule has 0 spiro atoms. The fourth-order valence-corrected chi connectivity index (χ4v) is 28.3. The Balaban J connectivity index is 0.000000173. The predicted molar refractivity (Wildman–Crippen MR) is 412 cm³/mol. The van der Waals surface area contributed by atoms with Gasteiger partial charge in [-0.05, 0) is 187 Å². The predicted octanol–water partition coefficient (Wildman–Crippen LogP) is 24.5. The van der Waals surface area contributed by atoms with Gasteiger partial charge >= 0.3 is 0 Å². The molecule has 94 heavy (non-hydrogen) atoms. The summed E-state index contributed by atoms with van der Waals surface area (Å²) in [7, 11) is 6.15. The topological polar surface area (TPSA) is 55.4 Å². The summed E-state index contributed by atoms with van der Waals surface area (Å²) in [6, 6.07) is 45.6. The molecule has 5 aliphatic rings. The van der Waals surface area contributed by atoms with Crippen LogP contribution in [0.15, 0.2) is 127 Å². The van der Waals surface area contributed by atoms with E-state index in [1.54, 1.807) is 39.0 Å². The zero-order chi connectivity index (χ0) is 67.2. The van der Waals surface area contributed by atoms with Gasteiger partial charge in [0.15, 0.2) is 0 Å². The molecule has 5 saturated carbocycles. The van der Waals surface area contributed by atoms with Crippen molar-refractivity contribution in [2.24, 2.45) is 5.92 Å². The van der Waals surface area contributed by atoms with E-state index in [0.717, 1.165) is 79.7 Å². The molecule has 0 unspecified atom stereocenters. The van der Waals surface area contributed by atoms with Crippen molar-refractivity contribution < 1.29 is 28.4 Å². The first-order valence-corrected chi connectivity index (χ1v) is 41.2. The second kappa shape index (κ2) is 37.4. The molecule has 0 aliphatic heterocycles. The average molecular weight is 1330 g/mol. The summed E-state index contributed by atoms with van der Waals surface area (Å²) in [5.41, 5.74) is 10.7. The number of benzene rings is 6. The molecule has 0 aromatic heterocycles. The second-order valence-corrected chi connectivity index (χ2v) is 39.3. The van der Waals surface area contributed by atoms with Crippen LogP contribution in [0, 0.1) is 5.92 Å². The van der Waals surface area contributed by atoms with Crippen molar-refractivity contribution >= 4 is 39.7 Å². The highest BCUT2D eigenvalue weighted by atomic mass is 31.1. The van der Waals surface area contributed by atoms with Gasteiger partial charge in [-0.2, -0.15) is 0 Å². The summed E-state index contributed by atoms with van der Waals surface area (Å²) < 4.78 is 35.7. The zero-order valence-electron chi connectivity index (χ0n) is 61.1. The Labute approximate surface area is 576 Å². The molecule has 514 valence electrons. The van der Waals surface area contributed by atoms with Crippen LogP contribution in [-0.2, 0) is 0 Å². The highest BCUT2D eigenvalue weighted by molar-refractivity contribution is 7.69. The van der Waals surface area contributed by atoms with Crippen LogP contribution >= 0.6 is 23.8 Å². The van der Waals surface area contributed by atoms with Crippen LogP contribution in [0.5, 0.6) is 34.5 Å². The molecule has 0 amide bonds. The van der Waals surface area contributed by atoms with Gasteiger partial charge in [0.1, 0.15) is 34.5 Å². The molecule has 0 radical (unpaired) electrons. The molecule has 5 aliphatic carbocycles. The Hall–Kier alpha value is -4.59. The van der Waals surface area contributed by atoms with Crippen LogP contribution in [0.3, 0.4) is 0 Å². The monoisotopic (exact) mass is 1330 g/mol. The van der Waals surface area contributed by atoms with Crippen LogP contribution in [0.25, 0.3) is 33.4 Å². The Kier molecular flexibility index (Phi) is 29.9. The molecular weight excluding hydrogens is 1210 g/mol. The van der Waals surface area contributed by atoms with Crippen LogP contribution in [0.4, 0.5) is 0 Å². The van der Waals surface area contributed by atoms with Gasteiger partial charge in [0.2, 0.25) is 0 Å². The van der Waals surface area contributed by atoms with Crippen LogP contribution < -0.4 is 44.3 Å². The second-order valence-electron chi connectivity index (χ2n) is 30.0. The van der Waals surface area contributed by atoms with E-state index < -0.39 is 7.92 Å². The van der Waals surface area contributed by atoms with E-state index in [-0.39, 0.29) is 38.4 Å². The molecule has 9 heteroatoms. The Morgan fingerprint density at radius 1 is 0.309 bits per heavy atom. The van der Waals surface area contributed by atoms with Crippen molar-refractivity contribution in [2.45, 2.75) is 282 Å².